The molecule has 16 heavy (non-hydrogen) atoms. The van der Waals surface area contributed by atoms with Gasteiger partial charge in [0.1, 0.15) is 10.6 Å². The number of isocyanates is 1. The van der Waals surface area contributed by atoms with Crippen LogP contribution in [0.5, 0.6) is 0 Å². The van der Waals surface area contributed by atoms with E-state index in [0.717, 1.165) is 4.70 Å². The minimum Gasteiger partial charge on any atom is -0.465 e. The van der Waals surface area contributed by atoms with Gasteiger partial charge in [0, 0.05) is 17.8 Å². The van der Waals surface area contributed by atoms with Crippen LogP contribution in [0.15, 0.2) is 23.5 Å². The summed E-state index contributed by atoms with van der Waals surface area (Å²) in [7, 11) is 1.28. The van der Waals surface area contributed by atoms with E-state index in [1.807, 2.05) is 0 Å². The molecular weight excluding hydrogens is 228 g/mol. The van der Waals surface area contributed by atoms with E-state index in [9.17, 15) is 9.59 Å². The first-order chi connectivity index (χ1) is 7.77. The summed E-state index contributed by atoms with van der Waals surface area (Å²) in [6.07, 6.45) is 4.61. The third kappa shape index (κ3) is 1.60. The number of rotatable bonds is 2. The van der Waals surface area contributed by atoms with Crippen LogP contribution in [0.4, 0.5) is 5.69 Å². The largest absolute Gasteiger partial charge is 0.465 e. The summed E-state index contributed by atoms with van der Waals surface area (Å²) in [6, 6.07) is 1.69. The number of carbonyl (C=O) groups excluding carboxylic acids is 2. The molecule has 0 aliphatic heterocycles. The van der Waals surface area contributed by atoms with Gasteiger partial charge in [-0.1, -0.05) is 0 Å². The van der Waals surface area contributed by atoms with Crippen LogP contribution in [0.3, 0.4) is 0 Å². The van der Waals surface area contributed by atoms with E-state index in [1.165, 1.54) is 24.5 Å². The number of hydrogen-bond acceptors (Lipinski definition) is 6. The Labute approximate surface area is 94.4 Å². The number of esters is 1. The Balaban J connectivity index is 2.77. The summed E-state index contributed by atoms with van der Waals surface area (Å²) < 4.78 is 5.39. The molecule has 0 amide bonds. The SMILES string of the molecule is COC(=O)c1sc2cnccc2c1N=C=O. The lowest BCUT2D eigenvalue weighted by Crippen LogP contribution is -1.97. The first kappa shape index (κ1) is 10.5. The molecule has 0 unspecified atom stereocenters. The van der Waals surface area contributed by atoms with Crippen molar-refractivity contribution in [3.63, 3.8) is 0 Å². The molecule has 2 heterocycles. The lowest BCUT2D eigenvalue weighted by atomic mass is 10.2. The minimum absolute atomic E-state index is 0.286. The maximum Gasteiger partial charge on any atom is 0.350 e. The standard InChI is InChI=1S/C10H6N2O3S/c1-15-10(14)9-8(12-5-13)6-2-3-11-4-7(6)16-9/h2-4H,1H3. The molecule has 0 saturated carbocycles. The summed E-state index contributed by atoms with van der Waals surface area (Å²) in [5.41, 5.74) is 0.296. The van der Waals surface area contributed by atoms with Crippen LogP contribution in [-0.4, -0.2) is 24.1 Å². The van der Waals surface area contributed by atoms with E-state index in [4.69, 9.17) is 0 Å². The second-order valence-electron chi connectivity index (χ2n) is 2.85. The fraction of sp³-hybridized carbons (Fsp3) is 0.100. The molecule has 0 saturated heterocycles. The van der Waals surface area contributed by atoms with Crippen molar-refractivity contribution < 1.29 is 14.3 Å². The van der Waals surface area contributed by atoms with Crippen LogP contribution in [0.25, 0.3) is 10.1 Å². The lowest BCUT2D eigenvalue weighted by Gasteiger charge is -1.94. The number of methoxy groups -OCH3 is 1. The Morgan fingerprint density at radius 1 is 1.62 bits per heavy atom. The van der Waals surface area contributed by atoms with Gasteiger partial charge >= 0.3 is 5.97 Å². The van der Waals surface area contributed by atoms with Gasteiger partial charge in [0.05, 0.1) is 11.8 Å². The quantitative estimate of drug-likeness (QED) is 0.453. The Kier molecular flexibility index (Phi) is 2.76. The lowest BCUT2D eigenvalue weighted by molar-refractivity contribution is 0.0607. The second kappa shape index (κ2) is 4.22. The summed E-state index contributed by atoms with van der Waals surface area (Å²) in [5, 5.41) is 0.698. The highest BCUT2D eigenvalue weighted by atomic mass is 32.1. The molecule has 0 aliphatic rings. The molecule has 80 valence electrons. The smallest absolute Gasteiger partial charge is 0.350 e. The number of nitrogens with zero attached hydrogens (tertiary/aromatic N) is 2. The van der Waals surface area contributed by atoms with Gasteiger partial charge in [0.25, 0.3) is 0 Å². The van der Waals surface area contributed by atoms with Gasteiger partial charge in [-0.25, -0.2) is 9.59 Å². The Hall–Kier alpha value is -2.04. The number of pyridine rings is 1. The van der Waals surface area contributed by atoms with Crippen molar-refractivity contribution in [2.75, 3.05) is 7.11 Å². The van der Waals surface area contributed by atoms with Crippen LogP contribution in [0, 0.1) is 0 Å². The molecule has 0 N–H and O–H groups in total. The van der Waals surface area contributed by atoms with Crippen LogP contribution in [0.1, 0.15) is 9.67 Å². The van der Waals surface area contributed by atoms with E-state index in [-0.39, 0.29) is 4.88 Å². The van der Waals surface area contributed by atoms with Gasteiger partial charge < -0.3 is 4.74 Å². The molecule has 0 spiro atoms. The minimum atomic E-state index is -0.518. The number of aliphatic imine (C=N–C) groups is 1. The summed E-state index contributed by atoms with van der Waals surface area (Å²) in [5.74, 6) is -0.518. The number of fused-ring (bicyclic) bond motifs is 1. The number of hydrogen-bond donors (Lipinski definition) is 0. The number of carbonyl (C=O) groups is 1. The molecule has 0 aromatic carbocycles. The van der Waals surface area contributed by atoms with Crippen LogP contribution in [0.2, 0.25) is 0 Å². The first-order valence-corrected chi connectivity index (χ1v) is 5.12. The highest BCUT2D eigenvalue weighted by molar-refractivity contribution is 7.21. The number of thiophene rings is 1. The third-order valence-corrected chi connectivity index (χ3v) is 3.10. The molecule has 0 fully saturated rings. The normalized spacial score (nSPS) is 9.81. The third-order valence-electron chi connectivity index (χ3n) is 1.99. The van der Waals surface area contributed by atoms with Crippen LogP contribution >= 0.6 is 11.3 Å². The molecule has 0 aliphatic carbocycles. The van der Waals surface area contributed by atoms with Crippen molar-refractivity contribution >= 4 is 39.2 Å². The van der Waals surface area contributed by atoms with Gasteiger partial charge in [-0.3, -0.25) is 4.98 Å². The van der Waals surface area contributed by atoms with Crippen molar-refractivity contribution in [2.24, 2.45) is 4.99 Å². The van der Waals surface area contributed by atoms with Crippen molar-refractivity contribution in [1.82, 2.24) is 4.98 Å². The van der Waals surface area contributed by atoms with E-state index < -0.39 is 5.97 Å². The predicted octanol–water partition coefficient (Wildman–Crippen LogP) is 2.05. The highest BCUT2D eigenvalue weighted by Gasteiger charge is 2.18. The summed E-state index contributed by atoms with van der Waals surface area (Å²) in [6.45, 7) is 0. The Bertz CT molecular complexity index is 599. The van der Waals surface area contributed by atoms with Crippen LogP contribution < -0.4 is 0 Å². The van der Waals surface area contributed by atoms with Gasteiger partial charge in [-0.05, 0) is 6.07 Å². The maximum atomic E-state index is 11.5. The zero-order valence-corrected chi connectivity index (χ0v) is 9.08. The average molecular weight is 234 g/mol. The first-order valence-electron chi connectivity index (χ1n) is 4.30. The van der Waals surface area contributed by atoms with Crippen molar-refractivity contribution in [3.8, 4) is 0 Å². The van der Waals surface area contributed by atoms with Crippen LogP contribution in [-0.2, 0) is 9.53 Å². The average Bonchev–Trinajstić information content (AvgIpc) is 2.68. The summed E-state index contributed by atoms with van der Waals surface area (Å²) in [4.78, 5) is 29.5. The Morgan fingerprint density at radius 3 is 3.12 bits per heavy atom. The molecule has 2 aromatic rings. The molecule has 0 atom stereocenters. The van der Waals surface area contributed by atoms with Crippen molar-refractivity contribution in [2.45, 2.75) is 0 Å². The Morgan fingerprint density at radius 2 is 2.44 bits per heavy atom. The molecule has 2 rings (SSSR count). The fourth-order valence-electron chi connectivity index (χ4n) is 1.33. The topological polar surface area (TPSA) is 68.6 Å². The highest BCUT2D eigenvalue weighted by Crippen LogP contribution is 2.37. The molecular formula is C10H6N2O3S. The number of ether oxygens (including phenoxy) is 1. The molecule has 5 nitrogen and oxygen atoms in total. The molecule has 0 radical (unpaired) electrons. The van der Waals surface area contributed by atoms with E-state index in [1.54, 1.807) is 18.5 Å². The zero-order chi connectivity index (χ0) is 11.5. The van der Waals surface area contributed by atoms with E-state index >= 15 is 0 Å². The predicted molar refractivity (Wildman–Crippen MR) is 58.7 cm³/mol. The number of aromatic nitrogens is 1. The maximum absolute atomic E-state index is 11.5. The zero-order valence-electron chi connectivity index (χ0n) is 8.26. The van der Waals surface area contributed by atoms with Crippen molar-refractivity contribution in [3.05, 3.63) is 23.3 Å². The fourth-order valence-corrected chi connectivity index (χ4v) is 2.35. The van der Waals surface area contributed by atoms with Gasteiger partial charge in [0.15, 0.2) is 0 Å². The van der Waals surface area contributed by atoms with Gasteiger partial charge in [0.2, 0.25) is 6.08 Å². The monoisotopic (exact) mass is 234 g/mol. The molecule has 2 aromatic heterocycles. The van der Waals surface area contributed by atoms with E-state index in [0.29, 0.717) is 11.1 Å². The van der Waals surface area contributed by atoms with Gasteiger partial charge in [-0.2, -0.15) is 4.99 Å². The second-order valence-corrected chi connectivity index (χ2v) is 3.90. The molecule has 6 heteroatoms. The van der Waals surface area contributed by atoms with E-state index in [2.05, 4.69) is 14.7 Å². The van der Waals surface area contributed by atoms with Gasteiger partial charge in [-0.15, -0.1) is 11.3 Å². The van der Waals surface area contributed by atoms with Crippen molar-refractivity contribution in [1.29, 1.82) is 0 Å². The summed E-state index contributed by atoms with van der Waals surface area (Å²) >= 11 is 1.19. The molecule has 0 bridgehead atoms.